The summed E-state index contributed by atoms with van der Waals surface area (Å²) >= 11 is 0. The number of aliphatic hydroxyl groups is 1. The van der Waals surface area contributed by atoms with E-state index < -0.39 is 12.3 Å². The predicted molar refractivity (Wildman–Crippen MR) is 24.4 cm³/mol. The summed E-state index contributed by atoms with van der Waals surface area (Å²) in [4.78, 5) is 9.76. The fourth-order valence-electron chi connectivity index (χ4n) is 0.206. The van der Waals surface area contributed by atoms with Crippen LogP contribution in [0.1, 0.15) is 6.92 Å². The van der Waals surface area contributed by atoms with E-state index in [4.69, 9.17) is 5.11 Å². The topological polar surface area (TPSA) is 75.3 Å². The van der Waals surface area contributed by atoms with Crippen LogP contribution in [0.5, 0.6) is 0 Å². The second-order valence-corrected chi connectivity index (χ2v) is 1.18. The van der Waals surface area contributed by atoms with Crippen molar-refractivity contribution in [3.05, 3.63) is 0 Å². The molecule has 4 heteroatoms. The van der Waals surface area contributed by atoms with Gasteiger partial charge in [0.25, 0.3) is 0 Å². The molecule has 42 valence electrons. The number of urea groups is 1. The Morgan fingerprint density at radius 1 is 2.00 bits per heavy atom. The maximum absolute atomic E-state index is 9.76. The van der Waals surface area contributed by atoms with Gasteiger partial charge in [0.15, 0.2) is 0 Å². The molecule has 4 nitrogen and oxygen atoms in total. The molecule has 0 aromatic carbocycles. The molecule has 7 heavy (non-hydrogen) atoms. The van der Waals surface area contributed by atoms with Crippen molar-refractivity contribution in [3.63, 3.8) is 0 Å². The molecule has 0 aromatic rings. The summed E-state index contributed by atoms with van der Waals surface area (Å²) in [5, 5.41) is 10.3. The van der Waals surface area contributed by atoms with Crippen LogP contribution >= 0.6 is 0 Å². The first-order chi connectivity index (χ1) is 3.13. The molecule has 0 spiro atoms. The van der Waals surface area contributed by atoms with Gasteiger partial charge in [0, 0.05) is 0 Å². The number of nitrogens with two attached hydrogens (primary N) is 1. The summed E-state index contributed by atoms with van der Waals surface area (Å²) < 4.78 is 0. The average molecular weight is 104 g/mol. The Balaban J connectivity index is 3.13. The third-order valence-electron chi connectivity index (χ3n) is 0.351. The molecular weight excluding hydrogens is 96.0 g/mol. The molecule has 1 atom stereocenters. The Bertz CT molecular complexity index is 71.3. The van der Waals surface area contributed by atoms with Crippen molar-refractivity contribution in [2.24, 2.45) is 5.73 Å². The number of primary amides is 1. The number of amides is 2. The molecule has 0 aliphatic carbocycles. The Hall–Kier alpha value is -0.770. The van der Waals surface area contributed by atoms with E-state index >= 15 is 0 Å². The van der Waals surface area contributed by atoms with Gasteiger partial charge in [-0.2, -0.15) is 0 Å². The van der Waals surface area contributed by atoms with Gasteiger partial charge in [-0.25, -0.2) is 4.79 Å². The summed E-state index contributed by atoms with van der Waals surface area (Å²) in [5.74, 6) is 0. The van der Waals surface area contributed by atoms with Crippen LogP contribution in [-0.4, -0.2) is 17.4 Å². The molecule has 1 unspecified atom stereocenters. The molecule has 0 radical (unpaired) electrons. The Labute approximate surface area is 41.3 Å². The molecule has 0 heterocycles. The van der Waals surface area contributed by atoms with Gasteiger partial charge in [0.1, 0.15) is 6.23 Å². The zero-order valence-corrected chi connectivity index (χ0v) is 4.01. The summed E-state index contributed by atoms with van der Waals surface area (Å²) in [6, 6.07) is -0.713. The van der Waals surface area contributed by atoms with Crippen molar-refractivity contribution >= 4 is 6.03 Å². The highest BCUT2D eigenvalue weighted by atomic mass is 16.3. The second-order valence-electron chi connectivity index (χ2n) is 1.18. The van der Waals surface area contributed by atoms with E-state index in [2.05, 4.69) is 5.73 Å². The van der Waals surface area contributed by atoms with E-state index in [1.807, 2.05) is 5.32 Å². The fraction of sp³-hybridized carbons (Fsp3) is 0.667. The van der Waals surface area contributed by atoms with E-state index in [0.29, 0.717) is 0 Å². The number of hydrogen-bond donors (Lipinski definition) is 3. The zero-order chi connectivity index (χ0) is 5.86. The van der Waals surface area contributed by atoms with Crippen molar-refractivity contribution in [2.75, 3.05) is 0 Å². The second kappa shape index (κ2) is 2.41. The standard InChI is InChI=1S/C3H8N2O2/c1-2(6)5-3(4)7/h2,6H,1H3,(H3,4,5,7). The minimum Gasteiger partial charge on any atom is -0.374 e. The smallest absolute Gasteiger partial charge is 0.314 e. The highest BCUT2D eigenvalue weighted by molar-refractivity contribution is 5.71. The van der Waals surface area contributed by atoms with Crippen LogP contribution in [0.2, 0.25) is 0 Å². The van der Waals surface area contributed by atoms with E-state index in [-0.39, 0.29) is 0 Å². The minimum atomic E-state index is -0.850. The SMILES string of the molecule is CC(O)NC(N)=O. The van der Waals surface area contributed by atoms with E-state index in [0.717, 1.165) is 0 Å². The van der Waals surface area contributed by atoms with Gasteiger partial charge in [-0.1, -0.05) is 0 Å². The van der Waals surface area contributed by atoms with E-state index in [1.54, 1.807) is 0 Å². The highest BCUT2D eigenvalue weighted by Crippen LogP contribution is 1.65. The number of aliphatic hydroxyl groups excluding tert-OH is 1. The first-order valence-corrected chi connectivity index (χ1v) is 1.87. The van der Waals surface area contributed by atoms with Crippen molar-refractivity contribution in [1.82, 2.24) is 5.32 Å². The highest BCUT2D eigenvalue weighted by Gasteiger charge is 1.93. The van der Waals surface area contributed by atoms with Gasteiger partial charge in [0.2, 0.25) is 0 Å². The van der Waals surface area contributed by atoms with Crippen molar-refractivity contribution in [3.8, 4) is 0 Å². The lowest BCUT2D eigenvalue weighted by Crippen LogP contribution is -2.36. The fourth-order valence-corrected chi connectivity index (χ4v) is 0.206. The molecule has 0 aliphatic rings. The Kier molecular flexibility index (Phi) is 2.15. The monoisotopic (exact) mass is 104 g/mol. The summed E-state index contributed by atoms with van der Waals surface area (Å²) in [6.45, 7) is 1.41. The molecule has 2 amide bonds. The van der Waals surface area contributed by atoms with Gasteiger partial charge in [-0.15, -0.1) is 0 Å². The van der Waals surface area contributed by atoms with Crippen molar-refractivity contribution in [2.45, 2.75) is 13.2 Å². The van der Waals surface area contributed by atoms with Crippen LogP contribution < -0.4 is 11.1 Å². The lowest BCUT2D eigenvalue weighted by atomic mass is 10.7. The molecule has 0 aliphatic heterocycles. The normalized spacial score (nSPS) is 12.9. The maximum Gasteiger partial charge on any atom is 0.314 e. The first-order valence-electron chi connectivity index (χ1n) is 1.87. The lowest BCUT2D eigenvalue weighted by Gasteiger charge is -2.00. The van der Waals surface area contributed by atoms with Gasteiger partial charge < -0.3 is 16.2 Å². The molecular formula is C3H8N2O2. The average Bonchev–Trinajstić information content (AvgIpc) is 1.27. The van der Waals surface area contributed by atoms with Crippen LogP contribution in [0.4, 0.5) is 4.79 Å². The Morgan fingerprint density at radius 3 is 2.43 bits per heavy atom. The van der Waals surface area contributed by atoms with E-state index in [1.165, 1.54) is 6.92 Å². The third kappa shape index (κ3) is 5.23. The van der Waals surface area contributed by atoms with Crippen molar-refractivity contribution < 1.29 is 9.90 Å². The van der Waals surface area contributed by atoms with E-state index in [9.17, 15) is 4.79 Å². The van der Waals surface area contributed by atoms with Crippen LogP contribution in [0.15, 0.2) is 0 Å². The number of hydrogen-bond acceptors (Lipinski definition) is 2. The molecule has 4 N–H and O–H groups in total. The molecule has 0 saturated carbocycles. The first kappa shape index (κ1) is 6.23. The van der Waals surface area contributed by atoms with Gasteiger partial charge in [0.05, 0.1) is 0 Å². The molecule has 0 fully saturated rings. The van der Waals surface area contributed by atoms with Crippen LogP contribution in [0.25, 0.3) is 0 Å². The lowest BCUT2D eigenvalue weighted by molar-refractivity contribution is 0.160. The zero-order valence-electron chi connectivity index (χ0n) is 4.01. The van der Waals surface area contributed by atoms with Crippen molar-refractivity contribution in [1.29, 1.82) is 0 Å². The van der Waals surface area contributed by atoms with Crippen LogP contribution in [-0.2, 0) is 0 Å². The van der Waals surface area contributed by atoms with Gasteiger partial charge in [-0.3, -0.25) is 0 Å². The number of rotatable bonds is 1. The van der Waals surface area contributed by atoms with Crippen LogP contribution in [0, 0.1) is 0 Å². The van der Waals surface area contributed by atoms with Crippen LogP contribution in [0.3, 0.4) is 0 Å². The minimum absolute atomic E-state index is 0.713. The van der Waals surface area contributed by atoms with Gasteiger partial charge >= 0.3 is 6.03 Å². The summed E-state index contributed by atoms with van der Waals surface area (Å²) in [6.07, 6.45) is -0.850. The number of carbonyl (C=O) groups is 1. The molecule has 0 aromatic heterocycles. The molecule has 0 bridgehead atoms. The summed E-state index contributed by atoms with van der Waals surface area (Å²) in [5.41, 5.74) is 4.58. The largest absolute Gasteiger partial charge is 0.374 e. The number of carbonyl (C=O) groups excluding carboxylic acids is 1. The summed E-state index contributed by atoms with van der Waals surface area (Å²) in [7, 11) is 0. The molecule has 0 rings (SSSR count). The Morgan fingerprint density at radius 2 is 2.43 bits per heavy atom. The quantitative estimate of drug-likeness (QED) is 0.373. The third-order valence-corrected chi connectivity index (χ3v) is 0.351. The maximum atomic E-state index is 9.76. The molecule has 0 saturated heterocycles. The number of nitrogens with one attached hydrogen (secondary N) is 1. The predicted octanol–water partition coefficient (Wildman–Crippen LogP) is -1.01. The van der Waals surface area contributed by atoms with Gasteiger partial charge in [-0.05, 0) is 6.92 Å².